The number of nitrogens with zero attached hydrogens (tertiary/aromatic N) is 4. The molecule has 0 bridgehead atoms. The SMILES string of the molecule is CCCCN(CCCl)Cc1ncnn1C. The van der Waals surface area contributed by atoms with Gasteiger partial charge in [-0.2, -0.15) is 5.10 Å². The van der Waals surface area contributed by atoms with Crippen molar-refractivity contribution in [2.45, 2.75) is 26.3 Å². The van der Waals surface area contributed by atoms with Gasteiger partial charge in [0.2, 0.25) is 0 Å². The first-order chi connectivity index (χ1) is 7.27. The fraction of sp³-hybridized carbons (Fsp3) is 0.800. The average Bonchev–Trinajstić information content (AvgIpc) is 2.61. The van der Waals surface area contributed by atoms with Crippen molar-refractivity contribution in [2.24, 2.45) is 7.05 Å². The van der Waals surface area contributed by atoms with Crippen molar-refractivity contribution in [1.29, 1.82) is 0 Å². The highest BCUT2D eigenvalue weighted by molar-refractivity contribution is 6.18. The molecule has 0 aliphatic heterocycles. The summed E-state index contributed by atoms with van der Waals surface area (Å²) in [7, 11) is 1.92. The van der Waals surface area contributed by atoms with Crippen molar-refractivity contribution in [3.63, 3.8) is 0 Å². The first-order valence-corrected chi connectivity index (χ1v) is 5.92. The highest BCUT2D eigenvalue weighted by atomic mass is 35.5. The lowest BCUT2D eigenvalue weighted by atomic mass is 10.3. The zero-order valence-corrected chi connectivity index (χ0v) is 10.2. The second kappa shape index (κ2) is 6.80. The number of aromatic nitrogens is 3. The van der Waals surface area contributed by atoms with E-state index in [9.17, 15) is 0 Å². The normalized spacial score (nSPS) is 11.2. The van der Waals surface area contributed by atoms with Gasteiger partial charge < -0.3 is 0 Å². The number of alkyl halides is 1. The van der Waals surface area contributed by atoms with Crippen molar-refractivity contribution >= 4 is 11.6 Å². The number of unbranched alkanes of at least 4 members (excludes halogenated alkanes) is 1. The van der Waals surface area contributed by atoms with Crippen LogP contribution in [0.5, 0.6) is 0 Å². The van der Waals surface area contributed by atoms with Crippen LogP contribution in [-0.2, 0) is 13.6 Å². The maximum absolute atomic E-state index is 5.77. The van der Waals surface area contributed by atoms with Crippen LogP contribution in [0.25, 0.3) is 0 Å². The van der Waals surface area contributed by atoms with Crippen molar-refractivity contribution in [2.75, 3.05) is 19.0 Å². The van der Waals surface area contributed by atoms with E-state index in [0.29, 0.717) is 5.88 Å². The Morgan fingerprint density at radius 1 is 1.47 bits per heavy atom. The summed E-state index contributed by atoms with van der Waals surface area (Å²) in [5.41, 5.74) is 0. The fourth-order valence-corrected chi connectivity index (χ4v) is 1.67. The Morgan fingerprint density at radius 3 is 2.80 bits per heavy atom. The van der Waals surface area contributed by atoms with Gasteiger partial charge in [0.05, 0.1) is 6.54 Å². The van der Waals surface area contributed by atoms with Gasteiger partial charge in [-0.25, -0.2) is 4.98 Å². The molecule has 0 unspecified atom stereocenters. The molecule has 5 heteroatoms. The van der Waals surface area contributed by atoms with E-state index in [1.165, 1.54) is 12.8 Å². The van der Waals surface area contributed by atoms with Crippen LogP contribution in [0.2, 0.25) is 0 Å². The molecule has 1 heterocycles. The molecule has 0 N–H and O–H groups in total. The van der Waals surface area contributed by atoms with E-state index in [2.05, 4.69) is 21.9 Å². The van der Waals surface area contributed by atoms with Gasteiger partial charge in [0.15, 0.2) is 0 Å². The molecule has 0 saturated heterocycles. The van der Waals surface area contributed by atoms with Gasteiger partial charge in [0, 0.05) is 19.5 Å². The van der Waals surface area contributed by atoms with Crippen molar-refractivity contribution in [3.8, 4) is 0 Å². The minimum absolute atomic E-state index is 0.668. The molecule has 4 nitrogen and oxygen atoms in total. The van der Waals surface area contributed by atoms with E-state index in [0.717, 1.165) is 25.5 Å². The minimum Gasteiger partial charge on any atom is -0.295 e. The molecule has 1 rings (SSSR count). The van der Waals surface area contributed by atoms with Gasteiger partial charge in [0.25, 0.3) is 0 Å². The standard InChI is InChI=1S/C10H19ClN4/c1-3-4-6-15(7-5-11)8-10-12-9-13-14(10)2/h9H,3-8H2,1-2H3. The summed E-state index contributed by atoms with van der Waals surface area (Å²) in [5.74, 6) is 1.66. The molecule has 1 aromatic heterocycles. The fourth-order valence-electron chi connectivity index (χ4n) is 1.43. The van der Waals surface area contributed by atoms with Gasteiger partial charge in [-0.15, -0.1) is 11.6 Å². The summed E-state index contributed by atoms with van der Waals surface area (Å²) in [6.45, 7) is 5.02. The quantitative estimate of drug-likeness (QED) is 0.668. The molecule has 0 aliphatic rings. The number of halogens is 1. The predicted molar refractivity (Wildman–Crippen MR) is 61.9 cm³/mol. The lowest BCUT2D eigenvalue weighted by Gasteiger charge is -2.19. The maximum atomic E-state index is 5.77. The van der Waals surface area contributed by atoms with Crippen LogP contribution in [0.15, 0.2) is 6.33 Å². The average molecular weight is 231 g/mol. The van der Waals surface area contributed by atoms with E-state index in [1.54, 1.807) is 6.33 Å². The Bertz CT molecular complexity index is 274. The van der Waals surface area contributed by atoms with E-state index in [-0.39, 0.29) is 0 Å². The van der Waals surface area contributed by atoms with Crippen LogP contribution in [0.3, 0.4) is 0 Å². The Morgan fingerprint density at radius 2 is 2.27 bits per heavy atom. The molecule has 15 heavy (non-hydrogen) atoms. The van der Waals surface area contributed by atoms with Gasteiger partial charge in [-0.3, -0.25) is 9.58 Å². The first kappa shape index (κ1) is 12.5. The minimum atomic E-state index is 0.668. The zero-order valence-electron chi connectivity index (χ0n) is 9.49. The summed E-state index contributed by atoms with van der Waals surface area (Å²) >= 11 is 5.77. The van der Waals surface area contributed by atoms with E-state index < -0.39 is 0 Å². The Balaban J connectivity index is 2.46. The van der Waals surface area contributed by atoms with Crippen LogP contribution < -0.4 is 0 Å². The van der Waals surface area contributed by atoms with Crippen LogP contribution in [0.4, 0.5) is 0 Å². The van der Waals surface area contributed by atoms with E-state index in [1.807, 2.05) is 11.7 Å². The Hall–Kier alpha value is -0.610. The summed E-state index contributed by atoms with van der Waals surface area (Å²) < 4.78 is 1.81. The molecule has 0 fully saturated rings. The van der Waals surface area contributed by atoms with E-state index >= 15 is 0 Å². The summed E-state index contributed by atoms with van der Waals surface area (Å²) in [5, 5.41) is 4.06. The highest BCUT2D eigenvalue weighted by Gasteiger charge is 2.08. The summed E-state index contributed by atoms with van der Waals surface area (Å²) in [6.07, 6.45) is 4.00. The predicted octanol–water partition coefficient (Wildman–Crippen LogP) is 1.66. The van der Waals surface area contributed by atoms with Gasteiger partial charge >= 0.3 is 0 Å². The first-order valence-electron chi connectivity index (χ1n) is 5.39. The number of hydrogen-bond acceptors (Lipinski definition) is 3. The van der Waals surface area contributed by atoms with Gasteiger partial charge in [-0.1, -0.05) is 13.3 Å². The molecule has 0 radical (unpaired) electrons. The van der Waals surface area contributed by atoms with Crippen molar-refractivity contribution < 1.29 is 0 Å². The Kier molecular flexibility index (Phi) is 5.65. The molecule has 1 aromatic rings. The monoisotopic (exact) mass is 230 g/mol. The molecule has 0 spiro atoms. The van der Waals surface area contributed by atoms with Crippen molar-refractivity contribution in [3.05, 3.63) is 12.2 Å². The molecular formula is C10H19ClN4. The van der Waals surface area contributed by atoms with Gasteiger partial charge in [0.1, 0.15) is 12.2 Å². The molecule has 0 amide bonds. The number of hydrogen-bond donors (Lipinski definition) is 0. The van der Waals surface area contributed by atoms with Crippen LogP contribution in [-0.4, -0.2) is 38.6 Å². The van der Waals surface area contributed by atoms with Crippen LogP contribution in [0.1, 0.15) is 25.6 Å². The molecule has 86 valence electrons. The van der Waals surface area contributed by atoms with Crippen molar-refractivity contribution in [1.82, 2.24) is 19.7 Å². The molecular weight excluding hydrogens is 212 g/mol. The molecule has 0 aromatic carbocycles. The van der Waals surface area contributed by atoms with Crippen LogP contribution in [0, 0.1) is 0 Å². The largest absolute Gasteiger partial charge is 0.295 e. The third-order valence-corrected chi connectivity index (χ3v) is 2.57. The lowest BCUT2D eigenvalue weighted by Crippen LogP contribution is -2.28. The second-order valence-electron chi connectivity index (χ2n) is 3.62. The smallest absolute Gasteiger partial charge is 0.140 e. The zero-order chi connectivity index (χ0) is 11.1. The number of aryl methyl sites for hydroxylation is 1. The highest BCUT2D eigenvalue weighted by Crippen LogP contribution is 2.02. The molecule has 0 atom stereocenters. The molecule has 0 saturated carbocycles. The topological polar surface area (TPSA) is 34.0 Å². The van der Waals surface area contributed by atoms with Crippen LogP contribution >= 0.6 is 11.6 Å². The third-order valence-electron chi connectivity index (χ3n) is 2.40. The van der Waals surface area contributed by atoms with Gasteiger partial charge in [-0.05, 0) is 13.0 Å². The second-order valence-corrected chi connectivity index (χ2v) is 4.00. The maximum Gasteiger partial charge on any atom is 0.140 e. The van der Waals surface area contributed by atoms with E-state index in [4.69, 9.17) is 11.6 Å². The summed E-state index contributed by atoms with van der Waals surface area (Å²) in [6, 6.07) is 0. The molecule has 0 aliphatic carbocycles. The lowest BCUT2D eigenvalue weighted by molar-refractivity contribution is 0.266. The third kappa shape index (κ3) is 4.18. The number of rotatable bonds is 7. The summed E-state index contributed by atoms with van der Waals surface area (Å²) in [4.78, 5) is 6.53. The Labute approximate surface area is 96.2 Å².